The van der Waals surface area contributed by atoms with Crippen LogP contribution < -0.4 is 11.1 Å². The predicted octanol–water partition coefficient (Wildman–Crippen LogP) is -0.0115. The average Bonchev–Trinajstić information content (AvgIpc) is 2.47. The highest BCUT2D eigenvalue weighted by Gasteiger charge is 2.05. The summed E-state index contributed by atoms with van der Waals surface area (Å²) in [6.45, 7) is 2.21. The van der Waals surface area contributed by atoms with Gasteiger partial charge in [0.1, 0.15) is 0 Å². The minimum absolute atomic E-state index is 0.121. The first-order valence-corrected chi connectivity index (χ1v) is 4.23. The molecule has 0 saturated carbocycles. The molecule has 0 aromatic carbocycles. The van der Waals surface area contributed by atoms with Crippen LogP contribution in [-0.2, 0) is 18.4 Å². The van der Waals surface area contributed by atoms with E-state index < -0.39 is 6.04 Å². The number of hydrogen-bond donors (Lipinski definition) is 2. The van der Waals surface area contributed by atoms with E-state index in [2.05, 4.69) is 5.32 Å². The standard InChI is InChI=1S/C9H15N3O/c1-7(10)9(13)11-5-8-3-4-12(2)6-8/h3-4,6-7H,5,10H2,1-2H3,(H,11,13)/t7-/m1/s1. The maximum atomic E-state index is 11.1. The second kappa shape index (κ2) is 4.09. The second-order valence-corrected chi connectivity index (χ2v) is 3.19. The molecule has 0 unspecified atom stereocenters. The number of nitrogens with two attached hydrogens (primary N) is 1. The van der Waals surface area contributed by atoms with Crippen LogP contribution in [-0.4, -0.2) is 16.5 Å². The summed E-state index contributed by atoms with van der Waals surface area (Å²) in [5.41, 5.74) is 6.47. The van der Waals surface area contributed by atoms with Crippen LogP contribution in [0.25, 0.3) is 0 Å². The summed E-state index contributed by atoms with van der Waals surface area (Å²) < 4.78 is 1.94. The molecule has 72 valence electrons. The quantitative estimate of drug-likeness (QED) is 0.689. The van der Waals surface area contributed by atoms with Gasteiger partial charge in [0, 0.05) is 26.0 Å². The maximum absolute atomic E-state index is 11.1. The summed E-state index contributed by atoms with van der Waals surface area (Å²) in [6, 6.07) is 1.52. The molecule has 1 atom stereocenters. The van der Waals surface area contributed by atoms with Crippen molar-refractivity contribution < 1.29 is 4.79 Å². The van der Waals surface area contributed by atoms with Gasteiger partial charge in [-0.2, -0.15) is 0 Å². The lowest BCUT2D eigenvalue weighted by atomic mass is 10.3. The van der Waals surface area contributed by atoms with Gasteiger partial charge in [0.15, 0.2) is 0 Å². The molecular weight excluding hydrogens is 166 g/mol. The number of amides is 1. The van der Waals surface area contributed by atoms with Crippen molar-refractivity contribution in [1.29, 1.82) is 0 Å². The van der Waals surface area contributed by atoms with Crippen molar-refractivity contribution >= 4 is 5.91 Å². The van der Waals surface area contributed by atoms with Gasteiger partial charge >= 0.3 is 0 Å². The summed E-state index contributed by atoms with van der Waals surface area (Å²) >= 11 is 0. The van der Waals surface area contributed by atoms with Crippen molar-refractivity contribution in [3.05, 3.63) is 24.0 Å². The molecule has 0 spiro atoms. The Labute approximate surface area is 77.7 Å². The molecule has 0 bridgehead atoms. The Kier molecular flexibility index (Phi) is 3.08. The second-order valence-electron chi connectivity index (χ2n) is 3.19. The molecule has 1 heterocycles. The third-order valence-corrected chi connectivity index (χ3v) is 1.77. The largest absolute Gasteiger partial charge is 0.357 e. The van der Waals surface area contributed by atoms with Gasteiger partial charge in [-0.15, -0.1) is 0 Å². The zero-order valence-electron chi connectivity index (χ0n) is 7.95. The molecule has 0 radical (unpaired) electrons. The van der Waals surface area contributed by atoms with E-state index >= 15 is 0 Å². The molecule has 0 aliphatic rings. The Morgan fingerprint density at radius 2 is 2.46 bits per heavy atom. The van der Waals surface area contributed by atoms with Crippen LogP contribution in [0.1, 0.15) is 12.5 Å². The fraction of sp³-hybridized carbons (Fsp3) is 0.444. The molecule has 0 saturated heterocycles. The van der Waals surface area contributed by atoms with Crippen molar-refractivity contribution in [1.82, 2.24) is 9.88 Å². The van der Waals surface area contributed by atoms with Crippen LogP contribution in [0.5, 0.6) is 0 Å². The first-order chi connectivity index (χ1) is 6.09. The van der Waals surface area contributed by atoms with Crippen molar-refractivity contribution in [2.75, 3.05) is 0 Å². The van der Waals surface area contributed by atoms with E-state index in [0.717, 1.165) is 5.56 Å². The summed E-state index contributed by atoms with van der Waals surface area (Å²) in [5.74, 6) is -0.121. The fourth-order valence-corrected chi connectivity index (χ4v) is 1.02. The first kappa shape index (κ1) is 9.80. The normalized spacial score (nSPS) is 12.5. The van der Waals surface area contributed by atoms with Crippen LogP contribution in [0.15, 0.2) is 18.5 Å². The molecule has 4 nitrogen and oxygen atoms in total. The number of carbonyl (C=O) groups is 1. The molecular formula is C9H15N3O. The molecule has 1 aromatic rings. The van der Waals surface area contributed by atoms with Gasteiger partial charge < -0.3 is 15.6 Å². The lowest BCUT2D eigenvalue weighted by Crippen LogP contribution is -2.37. The minimum Gasteiger partial charge on any atom is -0.357 e. The molecule has 0 aliphatic heterocycles. The highest BCUT2D eigenvalue weighted by Crippen LogP contribution is 1.98. The van der Waals surface area contributed by atoms with E-state index in [4.69, 9.17) is 5.73 Å². The smallest absolute Gasteiger partial charge is 0.236 e. The van der Waals surface area contributed by atoms with Crippen LogP contribution >= 0.6 is 0 Å². The Morgan fingerprint density at radius 1 is 1.77 bits per heavy atom. The molecule has 1 amide bonds. The van der Waals surface area contributed by atoms with Gasteiger partial charge in [-0.3, -0.25) is 4.79 Å². The highest BCUT2D eigenvalue weighted by atomic mass is 16.2. The van der Waals surface area contributed by atoms with E-state index in [0.29, 0.717) is 6.54 Å². The number of aromatic nitrogens is 1. The Bertz CT molecular complexity index is 291. The Morgan fingerprint density at radius 3 is 2.92 bits per heavy atom. The SMILES string of the molecule is C[C@@H](N)C(=O)NCc1ccn(C)c1. The molecule has 0 aliphatic carbocycles. The molecule has 0 fully saturated rings. The third kappa shape index (κ3) is 2.91. The number of hydrogen-bond acceptors (Lipinski definition) is 2. The lowest BCUT2D eigenvalue weighted by Gasteiger charge is -2.05. The maximum Gasteiger partial charge on any atom is 0.236 e. The van der Waals surface area contributed by atoms with E-state index in [1.807, 2.05) is 30.1 Å². The Hall–Kier alpha value is -1.29. The predicted molar refractivity (Wildman–Crippen MR) is 50.9 cm³/mol. The molecule has 4 heteroatoms. The third-order valence-electron chi connectivity index (χ3n) is 1.77. The van der Waals surface area contributed by atoms with Crippen molar-refractivity contribution in [3.8, 4) is 0 Å². The fourth-order valence-electron chi connectivity index (χ4n) is 1.02. The van der Waals surface area contributed by atoms with Gasteiger partial charge in [-0.25, -0.2) is 0 Å². The number of aryl methyl sites for hydroxylation is 1. The van der Waals surface area contributed by atoms with E-state index in [9.17, 15) is 4.79 Å². The van der Waals surface area contributed by atoms with Crippen LogP contribution in [0.2, 0.25) is 0 Å². The molecule has 1 rings (SSSR count). The van der Waals surface area contributed by atoms with Crippen LogP contribution in [0.3, 0.4) is 0 Å². The first-order valence-electron chi connectivity index (χ1n) is 4.23. The van der Waals surface area contributed by atoms with Crippen molar-refractivity contribution in [2.24, 2.45) is 12.8 Å². The van der Waals surface area contributed by atoms with Gasteiger partial charge in [-0.05, 0) is 18.6 Å². The van der Waals surface area contributed by atoms with Gasteiger partial charge in [-0.1, -0.05) is 0 Å². The molecule has 3 N–H and O–H groups in total. The summed E-state index contributed by atoms with van der Waals surface area (Å²) in [4.78, 5) is 11.1. The Balaban J connectivity index is 2.39. The highest BCUT2D eigenvalue weighted by molar-refractivity contribution is 5.80. The summed E-state index contributed by atoms with van der Waals surface area (Å²) in [7, 11) is 1.94. The topological polar surface area (TPSA) is 60.1 Å². The summed E-state index contributed by atoms with van der Waals surface area (Å²) in [5, 5.41) is 2.73. The summed E-state index contributed by atoms with van der Waals surface area (Å²) in [6.07, 6.45) is 3.90. The monoisotopic (exact) mass is 181 g/mol. The zero-order chi connectivity index (χ0) is 9.84. The average molecular weight is 181 g/mol. The zero-order valence-corrected chi connectivity index (χ0v) is 7.95. The van der Waals surface area contributed by atoms with Gasteiger partial charge in [0.05, 0.1) is 6.04 Å². The van der Waals surface area contributed by atoms with E-state index in [-0.39, 0.29) is 5.91 Å². The molecule has 1 aromatic heterocycles. The van der Waals surface area contributed by atoms with Gasteiger partial charge in [0.2, 0.25) is 5.91 Å². The number of rotatable bonds is 3. The minimum atomic E-state index is -0.441. The molecule has 13 heavy (non-hydrogen) atoms. The van der Waals surface area contributed by atoms with Gasteiger partial charge in [0.25, 0.3) is 0 Å². The number of carbonyl (C=O) groups excluding carboxylic acids is 1. The van der Waals surface area contributed by atoms with Crippen molar-refractivity contribution in [3.63, 3.8) is 0 Å². The van der Waals surface area contributed by atoms with Crippen LogP contribution in [0.4, 0.5) is 0 Å². The number of nitrogens with zero attached hydrogens (tertiary/aromatic N) is 1. The van der Waals surface area contributed by atoms with Crippen LogP contribution in [0, 0.1) is 0 Å². The van der Waals surface area contributed by atoms with E-state index in [1.165, 1.54) is 0 Å². The van der Waals surface area contributed by atoms with E-state index in [1.54, 1.807) is 6.92 Å². The lowest BCUT2D eigenvalue weighted by molar-refractivity contribution is -0.122. The van der Waals surface area contributed by atoms with Crippen molar-refractivity contribution in [2.45, 2.75) is 19.5 Å². The number of nitrogens with one attached hydrogen (secondary N) is 1.